The van der Waals surface area contributed by atoms with Crippen molar-refractivity contribution in [1.82, 2.24) is 14.7 Å². The Balaban J connectivity index is 1.68. The Labute approximate surface area is 451 Å². The summed E-state index contributed by atoms with van der Waals surface area (Å²) in [5, 5.41) is 0. The molecule has 0 unspecified atom stereocenters. The summed E-state index contributed by atoms with van der Waals surface area (Å²) in [6.07, 6.45) is 7.19. The van der Waals surface area contributed by atoms with Crippen LogP contribution in [0.1, 0.15) is 74.1 Å². The van der Waals surface area contributed by atoms with Crippen LogP contribution in [0, 0.1) is 0 Å². The molecule has 21 heteroatoms. The number of amides is 3. The van der Waals surface area contributed by atoms with Gasteiger partial charge in [-0.15, -0.1) is 6.58 Å². The molecule has 0 aliphatic carbocycles. The minimum absolute atomic E-state index is 0.0300. The summed E-state index contributed by atoms with van der Waals surface area (Å²) in [6, 6.07) is 17.4. The van der Waals surface area contributed by atoms with Gasteiger partial charge in [0.2, 0.25) is 17.7 Å². The van der Waals surface area contributed by atoms with Crippen molar-refractivity contribution in [1.29, 1.82) is 0 Å². The number of nitrogens with zero attached hydrogens (tertiary/aromatic N) is 6. The summed E-state index contributed by atoms with van der Waals surface area (Å²) in [5.74, 6) is 12.0. The molecule has 0 saturated heterocycles. The molecule has 0 aliphatic heterocycles. The molecule has 2 aromatic rings. The fraction of sp³-hybridized carbons (Fsp3) is 0.600. The van der Waals surface area contributed by atoms with E-state index in [9.17, 15) is 14.4 Å². The summed E-state index contributed by atoms with van der Waals surface area (Å²) in [5.41, 5.74) is 38.4. The molecular weight excluding hydrogens is 1010 g/mol. The molecule has 0 aliphatic rings. The Morgan fingerprint density at radius 2 is 0.817 bits per heavy atom. The van der Waals surface area contributed by atoms with Crippen molar-refractivity contribution in [2.75, 3.05) is 111 Å². The lowest BCUT2D eigenvalue weighted by Crippen LogP contribution is -2.35. The van der Waals surface area contributed by atoms with Crippen molar-refractivity contribution >= 4 is 106 Å². The third-order valence-corrected chi connectivity index (χ3v) is 17.0. The van der Waals surface area contributed by atoms with Crippen LogP contribution >= 0.6 is 70.6 Å². The van der Waals surface area contributed by atoms with Gasteiger partial charge in [0.05, 0.1) is 25.5 Å². The third-order valence-electron chi connectivity index (χ3n) is 10.5. The van der Waals surface area contributed by atoms with Crippen molar-refractivity contribution in [3.63, 3.8) is 0 Å². The van der Waals surface area contributed by atoms with Gasteiger partial charge in [0.25, 0.3) is 0 Å². The molecule has 0 fully saturated rings. The predicted octanol–water partition coefficient (Wildman–Crippen LogP) is 6.07. The molecule has 0 saturated carbocycles. The minimum atomic E-state index is 0.0300. The number of carbonyl (C=O) groups excluding carboxylic acids is 3. The van der Waals surface area contributed by atoms with Crippen LogP contribution in [0.4, 0.5) is 0 Å². The van der Waals surface area contributed by atoms with Gasteiger partial charge >= 0.3 is 0 Å². The van der Waals surface area contributed by atoms with E-state index in [1.807, 2.05) is 56.8 Å². The van der Waals surface area contributed by atoms with E-state index in [-0.39, 0.29) is 29.6 Å². The summed E-state index contributed by atoms with van der Waals surface area (Å²) in [6.45, 7) is 11.0. The smallest absolute Gasteiger partial charge is 0.223 e. The second-order valence-electron chi connectivity index (χ2n) is 16.5. The molecule has 2 aromatic carbocycles. The first kappa shape index (κ1) is 63.8. The molecule has 0 radical (unpaired) electrons. The van der Waals surface area contributed by atoms with Crippen LogP contribution in [-0.2, 0) is 37.4 Å². The fourth-order valence-corrected chi connectivity index (χ4v) is 12.3. The summed E-state index contributed by atoms with van der Waals surface area (Å²) < 4.78 is 0. The van der Waals surface area contributed by atoms with E-state index in [1.54, 1.807) is 41.4 Å². The third kappa shape index (κ3) is 33.9. The van der Waals surface area contributed by atoms with Crippen molar-refractivity contribution < 1.29 is 14.4 Å². The van der Waals surface area contributed by atoms with Gasteiger partial charge < -0.3 is 49.1 Å². The van der Waals surface area contributed by atoms with Crippen molar-refractivity contribution in [2.45, 2.75) is 74.9 Å². The van der Waals surface area contributed by atoms with Crippen LogP contribution in [0.15, 0.2) is 76.2 Å². The maximum atomic E-state index is 13.4. The lowest BCUT2D eigenvalue weighted by molar-refractivity contribution is -0.131. The number of guanidine groups is 2. The maximum absolute atomic E-state index is 13.4. The first-order valence-electron chi connectivity index (χ1n) is 24.5. The van der Waals surface area contributed by atoms with Crippen LogP contribution in [0.3, 0.4) is 0 Å². The molecular formula is C50H84N12O3S6. The van der Waals surface area contributed by atoms with E-state index < -0.39 is 0 Å². The molecule has 71 heavy (non-hydrogen) atoms. The van der Waals surface area contributed by atoms with Crippen molar-refractivity contribution in [3.8, 4) is 0 Å². The first-order chi connectivity index (χ1) is 34.4. The topological polar surface area (TPSA) is 254 Å². The van der Waals surface area contributed by atoms with E-state index in [0.717, 1.165) is 101 Å². The zero-order valence-corrected chi connectivity index (χ0v) is 47.1. The fourth-order valence-electron chi connectivity index (χ4n) is 6.69. The van der Waals surface area contributed by atoms with E-state index >= 15 is 0 Å². The van der Waals surface area contributed by atoms with Gasteiger partial charge in [-0.05, 0) is 90.2 Å². The number of nitrogens with two attached hydrogens (primary N) is 6. The van der Waals surface area contributed by atoms with Gasteiger partial charge in [-0.3, -0.25) is 29.4 Å². The number of hydrogen-bond donors (Lipinski definition) is 6. The Bertz CT molecular complexity index is 1850. The average molecular weight is 1090 g/mol. The summed E-state index contributed by atoms with van der Waals surface area (Å²) in [4.78, 5) is 57.1. The Morgan fingerprint density at radius 1 is 0.479 bits per heavy atom. The molecule has 0 atom stereocenters. The lowest BCUT2D eigenvalue weighted by atomic mass is 10.2. The Hall–Kier alpha value is -3.34. The van der Waals surface area contributed by atoms with Gasteiger partial charge in [0.1, 0.15) is 0 Å². The molecule has 15 nitrogen and oxygen atoms in total. The molecule has 0 aromatic heterocycles. The standard InChI is InChI=1S/C50H84N12O3S6/c1-3-23-60(26-20-57-41(2)52)46(63)17-35-70-39-44-12-8-42(9-13-44)38-69-31-6-25-62(28-22-59-50(55)56)48(65)18-36-71-40-45-14-10-43(11-15-45)37-68-30-5-24-61(27-21-58-49(53)54)47(64)16-34-67-33-7-32-66-29-4-19-51/h3,8-15H,1,4-7,16-40,51H2,2H3,(H2,52,57)(H4,53,54,58)(H4,55,56,59). The van der Waals surface area contributed by atoms with Gasteiger partial charge in [-0.25, -0.2) is 0 Å². The van der Waals surface area contributed by atoms with Crippen molar-refractivity contribution in [2.24, 2.45) is 49.4 Å². The Morgan fingerprint density at radius 3 is 1.21 bits per heavy atom. The van der Waals surface area contributed by atoms with Crippen molar-refractivity contribution in [3.05, 3.63) is 83.4 Å². The maximum Gasteiger partial charge on any atom is 0.223 e. The van der Waals surface area contributed by atoms with Gasteiger partial charge in [-0.2, -0.15) is 70.6 Å². The predicted molar refractivity (Wildman–Crippen MR) is 317 cm³/mol. The molecule has 0 heterocycles. The number of hydrogen-bond acceptors (Lipinski definition) is 13. The number of rotatable bonds is 43. The Kier molecular flexibility index (Phi) is 37.8. The van der Waals surface area contributed by atoms with Crippen LogP contribution in [0.25, 0.3) is 0 Å². The largest absolute Gasteiger partial charge is 0.388 e. The van der Waals surface area contributed by atoms with Crippen LogP contribution in [-0.4, -0.2) is 162 Å². The van der Waals surface area contributed by atoms with Crippen LogP contribution < -0.4 is 34.4 Å². The molecule has 0 spiro atoms. The molecule has 0 bridgehead atoms. The highest BCUT2D eigenvalue weighted by molar-refractivity contribution is 8.00. The first-order valence-corrected chi connectivity index (χ1v) is 31.5. The van der Waals surface area contributed by atoms with Crippen LogP contribution in [0.2, 0.25) is 0 Å². The van der Waals surface area contributed by atoms with Crippen LogP contribution in [0.5, 0.6) is 0 Å². The molecule has 2 rings (SSSR count). The van der Waals surface area contributed by atoms with E-state index in [2.05, 4.69) is 70.1 Å². The SMILES string of the molecule is C=CCN(CCN=C(C)N)C(=O)CCSCc1ccc(CSCCCN(CCN=C(N)N)C(=O)CCSCc2ccc(CSCCCN(CCN=C(N)N)C(=O)CCSCCCSCCCN)cc2)cc1. The number of carbonyl (C=O) groups is 3. The highest BCUT2D eigenvalue weighted by Crippen LogP contribution is 2.21. The molecule has 398 valence electrons. The zero-order chi connectivity index (χ0) is 51.7. The van der Waals surface area contributed by atoms with Gasteiger partial charge in [0, 0.05) is 98.8 Å². The molecule has 12 N–H and O–H groups in total. The second-order valence-corrected chi connectivity index (χ2v) is 23.4. The quantitative estimate of drug-likeness (QED) is 0.0191. The van der Waals surface area contributed by atoms with Gasteiger partial charge in [0.15, 0.2) is 11.9 Å². The minimum Gasteiger partial charge on any atom is -0.388 e. The highest BCUT2D eigenvalue weighted by atomic mass is 32.2. The average Bonchev–Trinajstić information content (AvgIpc) is 3.34. The van der Waals surface area contributed by atoms with E-state index in [0.29, 0.717) is 84.0 Å². The van der Waals surface area contributed by atoms with E-state index in [4.69, 9.17) is 34.4 Å². The number of benzene rings is 2. The lowest BCUT2D eigenvalue weighted by Gasteiger charge is -2.22. The number of aliphatic imine (C=N–C) groups is 3. The normalized spacial score (nSPS) is 11.3. The molecule has 3 amide bonds. The second kappa shape index (κ2) is 42.1. The summed E-state index contributed by atoms with van der Waals surface area (Å²) in [7, 11) is 0. The number of thioether (sulfide) groups is 6. The monoisotopic (exact) mass is 1090 g/mol. The zero-order valence-electron chi connectivity index (χ0n) is 42.2. The highest BCUT2D eigenvalue weighted by Gasteiger charge is 2.15. The number of amidine groups is 1. The summed E-state index contributed by atoms with van der Waals surface area (Å²) >= 11 is 11.1. The van der Waals surface area contributed by atoms with Gasteiger partial charge in [-0.1, -0.05) is 54.6 Å². The van der Waals surface area contributed by atoms with E-state index in [1.165, 1.54) is 22.3 Å².